The Morgan fingerprint density at radius 3 is 3.06 bits per heavy atom. The molecule has 4 aromatic rings. The number of anilines is 1. The van der Waals surface area contributed by atoms with Crippen molar-refractivity contribution < 1.29 is 18.7 Å². The van der Waals surface area contributed by atoms with E-state index in [0.29, 0.717) is 41.2 Å². The number of nitrogens with one attached hydrogen (secondary N) is 2. The van der Waals surface area contributed by atoms with Crippen molar-refractivity contribution in [2.24, 2.45) is 0 Å². The Kier molecular flexibility index (Phi) is 5.56. The molecule has 2 N–H and O–H groups in total. The first-order valence-corrected chi connectivity index (χ1v) is 12.4. The van der Waals surface area contributed by atoms with Gasteiger partial charge in [-0.15, -0.1) is 11.8 Å². The van der Waals surface area contributed by atoms with Crippen LogP contribution in [0.3, 0.4) is 0 Å². The number of hydrogen-bond donors (Lipinski definition) is 2. The summed E-state index contributed by atoms with van der Waals surface area (Å²) < 4.78 is 21.8. The second-order valence-corrected chi connectivity index (χ2v) is 9.68. The van der Waals surface area contributed by atoms with Crippen molar-refractivity contribution in [3.8, 4) is 11.6 Å². The molecule has 0 radical (unpaired) electrons. The highest BCUT2D eigenvalue weighted by atomic mass is 32.2. The molecule has 2 amide bonds. The minimum absolute atomic E-state index is 0.0821. The molecule has 9 nitrogen and oxygen atoms in total. The van der Waals surface area contributed by atoms with E-state index in [2.05, 4.69) is 25.7 Å². The number of nitrogens with zero attached hydrogens (tertiary/aromatic N) is 4. The number of ether oxygens (including phenoxy) is 1. The third-order valence-electron chi connectivity index (χ3n) is 6.41. The molecule has 36 heavy (non-hydrogen) atoms. The highest BCUT2D eigenvalue weighted by Gasteiger charge is 2.27. The average molecular weight is 505 g/mol. The van der Waals surface area contributed by atoms with Crippen LogP contribution in [0.2, 0.25) is 0 Å². The van der Waals surface area contributed by atoms with Gasteiger partial charge in [-0.1, -0.05) is 0 Å². The number of carbonyl (C=O) groups is 2. The molecule has 0 spiro atoms. The predicted octanol–water partition coefficient (Wildman–Crippen LogP) is 3.29. The van der Waals surface area contributed by atoms with Crippen molar-refractivity contribution in [1.82, 2.24) is 25.1 Å². The van der Waals surface area contributed by atoms with Crippen molar-refractivity contribution in [3.05, 3.63) is 65.4 Å². The van der Waals surface area contributed by atoms with Crippen LogP contribution < -0.4 is 15.4 Å². The van der Waals surface area contributed by atoms with Crippen LogP contribution in [0, 0.1) is 5.82 Å². The lowest BCUT2D eigenvalue weighted by atomic mass is 9.93. The van der Waals surface area contributed by atoms with Gasteiger partial charge in [0.1, 0.15) is 11.3 Å². The van der Waals surface area contributed by atoms with Crippen molar-refractivity contribution in [3.63, 3.8) is 0 Å². The maximum Gasteiger partial charge on any atom is 0.254 e. The lowest BCUT2D eigenvalue weighted by Gasteiger charge is -2.25. The maximum atomic E-state index is 14.7. The fourth-order valence-electron chi connectivity index (χ4n) is 4.67. The molecule has 1 aliphatic heterocycles. The summed E-state index contributed by atoms with van der Waals surface area (Å²) >= 11 is 1.25. The first-order chi connectivity index (χ1) is 17.5. The first kappa shape index (κ1) is 22.5. The normalized spacial score (nSPS) is 16.7. The molecule has 0 saturated carbocycles. The number of benzene rings is 1. The second-order valence-electron chi connectivity index (χ2n) is 8.66. The van der Waals surface area contributed by atoms with Gasteiger partial charge in [0.05, 0.1) is 41.5 Å². The summed E-state index contributed by atoms with van der Waals surface area (Å²) in [5, 5.41) is 10.3. The highest BCUT2D eigenvalue weighted by molar-refractivity contribution is 8.00. The smallest absolute Gasteiger partial charge is 0.254 e. The molecule has 0 fully saturated rings. The molecule has 0 bridgehead atoms. The Morgan fingerprint density at radius 2 is 2.19 bits per heavy atom. The Labute approximate surface area is 209 Å². The number of thioether (sulfide) groups is 1. The summed E-state index contributed by atoms with van der Waals surface area (Å²) in [6.45, 7) is 0. The third kappa shape index (κ3) is 3.95. The molecule has 0 saturated heterocycles. The second kappa shape index (κ2) is 8.90. The minimum Gasteiger partial charge on any atom is -0.481 e. The van der Waals surface area contributed by atoms with E-state index in [1.807, 2.05) is 16.8 Å². The van der Waals surface area contributed by atoms with Gasteiger partial charge in [-0.25, -0.2) is 14.1 Å². The van der Waals surface area contributed by atoms with Gasteiger partial charge in [0, 0.05) is 28.9 Å². The Morgan fingerprint density at radius 1 is 1.31 bits per heavy atom. The van der Waals surface area contributed by atoms with Gasteiger partial charge in [0.25, 0.3) is 5.91 Å². The van der Waals surface area contributed by atoms with Gasteiger partial charge in [-0.2, -0.15) is 5.10 Å². The minimum atomic E-state index is -0.605. The number of fused-ring (bicyclic) bond motifs is 3. The van der Waals surface area contributed by atoms with E-state index in [-0.39, 0.29) is 23.3 Å². The molecular formula is C25H21FN6O3S. The third-order valence-corrected chi connectivity index (χ3v) is 7.46. The van der Waals surface area contributed by atoms with Crippen LogP contribution in [-0.4, -0.2) is 50.5 Å². The average Bonchev–Trinajstić information content (AvgIpc) is 3.30. The van der Waals surface area contributed by atoms with Gasteiger partial charge in [0.2, 0.25) is 11.8 Å². The largest absolute Gasteiger partial charge is 0.481 e. The lowest BCUT2D eigenvalue weighted by molar-refractivity contribution is -0.113. The van der Waals surface area contributed by atoms with Gasteiger partial charge in [0.15, 0.2) is 0 Å². The van der Waals surface area contributed by atoms with Crippen molar-refractivity contribution >= 4 is 40.3 Å². The standard InChI is InChI=1S/C25H21FN6O3S/c1-35-23-5-3-17-24(31-23)20(6-7-27-17)32-19-4-2-14(8-13(19)11-28-32)29-25(34)15-9-18-21(10-16(15)26)36-12-22(33)30-18/h3,5-7,9-11,14H,2,4,8,12H2,1H3,(H,29,34)(H,30,33). The summed E-state index contributed by atoms with van der Waals surface area (Å²) in [7, 11) is 1.57. The topological polar surface area (TPSA) is 111 Å². The highest BCUT2D eigenvalue weighted by Crippen LogP contribution is 2.34. The number of pyridine rings is 2. The fraction of sp³-hybridized carbons (Fsp3) is 0.240. The van der Waals surface area contributed by atoms with E-state index in [4.69, 9.17) is 4.74 Å². The zero-order valence-corrected chi connectivity index (χ0v) is 20.1. The summed E-state index contributed by atoms with van der Waals surface area (Å²) in [4.78, 5) is 34.2. The number of carbonyl (C=O) groups excluding carboxylic acids is 2. The zero-order chi connectivity index (χ0) is 24.8. The first-order valence-electron chi connectivity index (χ1n) is 11.4. The van der Waals surface area contributed by atoms with Crippen molar-refractivity contribution in [2.75, 3.05) is 18.2 Å². The van der Waals surface area contributed by atoms with Gasteiger partial charge >= 0.3 is 0 Å². The van der Waals surface area contributed by atoms with Crippen LogP contribution in [-0.2, 0) is 17.6 Å². The van der Waals surface area contributed by atoms with E-state index in [1.54, 1.807) is 25.6 Å². The number of rotatable bonds is 4. The van der Waals surface area contributed by atoms with E-state index < -0.39 is 11.7 Å². The molecule has 3 aromatic heterocycles. The van der Waals surface area contributed by atoms with Crippen molar-refractivity contribution in [2.45, 2.75) is 30.2 Å². The molecule has 1 aromatic carbocycles. The van der Waals surface area contributed by atoms with Gasteiger partial charge in [-0.3, -0.25) is 14.6 Å². The van der Waals surface area contributed by atoms with E-state index in [9.17, 15) is 14.0 Å². The fourth-order valence-corrected chi connectivity index (χ4v) is 5.48. The monoisotopic (exact) mass is 504 g/mol. The molecule has 2 aliphatic rings. The number of methoxy groups -OCH3 is 1. The van der Waals surface area contributed by atoms with Crippen LogP contribution in [0.1, 0.15) is 28.0 Å². The van der Waals surface area contributed by atoms with Crippen LogP contribution in [0.4, 0.5) is 10.1 Å². The van der Waals surface area contributed by atoms with Crippen LogP contribution in [0.25, 0.3) is 16.7 Å². The van der Waals surface area contributed by atoms with Gasteiger partial charge < -0.3 is 15.4 Å². The lowest BCUT2D eigenvalue weighted by Crippen LogP contribution is -2.39. The molecular weight excluding hydrogens is 483 g/mol. The number of halogens is 1. The summed E-state index contributed by atoms with van der Waals surface area (Å²) in [5.74, 6) is -0.551. The number of amides is 2. The van der Waals surface area contributed by atoms with Crippen LogP contribution in [0.15, 0.2) is 47.6 Å². The quantitative estimate of drug-likeness (QED) is 0.439. The van der Waals surface area contributed by atoms with Crippen LogP contribution >= 0.6 is 11.8 Å². The summed E-state index contributed by atoms with van der Waals surface area (Å²) in [6, 6.07) is 8.03. The molecule has 11 heteroatoms. The maximum absolute atomic E-state index is 14.7. The molecule has 182 valence electrons. The van der Waals surface area contributed by atoms with Crippen LogP contribution in [0.5, 0.6) is 5.88 Å². The van der Waals surface area contributed by atoms with E-state index in [0.717, 1.165) is 22.5 Å². The summed E-state index contributed by atoms with van der Waals surface area (Å²) in [6.07, 6.45) is 5.43. The predicted molar refractivity (Wildman–Crippen MR) is 132 cm³/mol. The zero-order valence-electron chi connectivity index (χ0n) is 19.2. The SMILES string of the molecule is COc1ccc2nccc(-n3ncc4c3CCC(NC(=O)c3cc5c(cc3F)SCC(=O)N5)C4)c2n1. The Balaban J connectivity index is 1.23. The van der Waals surface area contributed by atoms with Crippen molar-refractivity contribution in [1.29, 1.82) is 0 Å². The molecule has 6 rings (SSSR count). The Bertz CT molecular complexity index is 1540. The number of aromatic nitrogens is 4. The molecule has 1 atom stereocenters. The van der Waals surface area contributed by atoms with E-state index in [1.165, 1.54) is 23.9 Å². The molecule has 1 aliphatic carbocycles. The van der Waals surface area contributed by atoms with E-state index >= 15 is 0 Å². The number of hydrogen-bond acceptors (Lipinski definition) is 7. The Hall–Kier alpha value is -3.99. The summed E-state index contributed by atoms with van der Waals surface area (Å²) in [5.41, 5.74) is 4.66. The van der Waals surface area contributed by atoms with Gasteiger partial charge in [-0.05, 0) is 49.1 Å². The molecule has 4 heterocycles. The molecule has 1 unspecified atom stereocenters.